The molecule has 1 atom stereocenters. The lowest BCUT2D eigenvalue weighted by molar-refractivity contribution is -0.152. The molecular weight excluding hydrogens is 274 g/mol. The van der Waals surface area contributed by atoms with Crippen LogP contribution in [0.5, 0.6) is 11.5 Å². The minimum absolute atomic E-state index is 0.194. The Morgan fingerprint density at radius 2 is 2.05 bits per heavy atom. The molecule has 0 radical (unpaired) electrons. The zero-order valence-electron chi connectivity index (χ0n) is 12.4. The van der Waals surface area contributed by atoms with Crippen LogP contribution in [-0.2, 0) is 20.7 Å². The van der Waals surface area contributed by atoms with Crippen LogP contribution in [0, 0.1) is 0 Å². The molecule has 0 saturated heterocycles. The fourth-order valence-corrected chi connectivity index (χ4v) is 2.31. The Bertz CT molecular complexity index is 557. The van der Waals surface area contributed by atoms with Crippen LogP contribution in [0.15, 0.2) is 18.2 Å². The number of fused-ring (bicyclic) bond motifs is 1. The van der Waals surface area contributed by atoms with Crippen molar-refractivity contribution in [2.45, 2.75) is 32.7 Å². The zero-order valence-corrected chi connectivity index (χ0v) is 12.4. The Balaban J connectivity index is 2.21. The van der Waals surface area contributed by atoms with E-state index in [0.29, 0.717) is 17.9 Å². The first kappa shape index (κ1) is 15.2. The minimum atomic E-state index is -1.12. The summed E-state index contributed by atoms with van der Waals surface area (Å²) in [6.45, 7) is 5.20. The summed E-state index contributed by atoms with van der Waals surface area (Å²) in [5, 5.41) is 2.67. The number of nitrogens with one attached hydrogen (secondary N) is 1. The highest BCUT2D eigenvalue weighted by molar-refractivity contribution is 5.87. The van der Waals surface area contributed by atoms with Crippen LogP contribution in [0.4, 0.5) is 0 Å². The van der Waals surface area contributed by atoms with Gasteiger partial charge in [0.05, 0.1) is 6.61 Å². The number of ether oxygens (including phenoxy) is 3. The summed E-state index contributed by atoms with van der Waals surface area (Å²) in [6.07, 6.45) is 0.308. The molecular formula is C15H19NO5. The summed E-state index contributed by atoms with van der Waals surface area (Å²) in [7, 11) is 0. The number of hydrogen-bond acceptors (Lipinski definition) is 5. The molecule has 0 spiro atoms. The van der Waals surface area contributed by atoms with E-state index in [1.165, 1.54) is 6.92 Å². The van der Waals surface area contributed by atoms with Crippen molar-refractivity contribution < 1.29 is 23.8 Å². The lowest BCUT2D eigenvalue weighted by atomic mass is 9.92. The average molecular weight is 293 g/mol. The SMILES string of the molecule is CCOC(=O)[C@@](C)(Cc1ccc2c(c1)OCO2)NC(C)=O. The number of carbonyl (C=O) groups is 2. The van der Waals surface area contributed by atoms with Gasteiger partial charge in [-0.15, -0.1) is 0 Å². The maximum Gasteiger partial charge on any atom is 0.331 e. The van der Waals surface area contributed by atoms with E-state index in [-0.39, 0.29) is 19.3 Å². The molecule has 0 fully saturated rings. The standard InChI is InChI=1S/C15H19NO5/c1-4-19-14(18)15(3,16-10(2)17)8-11-5-6-12-13(7-11)21-9-20-12/h5-7H,4,8-9H2,1-3H3,(H,16,17)/t15-/m1/s1. The Labute approximate surface area is 123 Å². The van der Waals surface area contributed by atoms with Crippen LogP contribution in [-0.4, -0.2) is 30.8 Å². The van der Waals surface area contributed by atoms with E-state index in [1.54, 1.807) is 19.9 Å². The third-order valence-electron chi connectivity index (χ3n) is 3.17. The highest BCUT2D eigenvalue weighted by atomic mass is 16.7. The second-order valence-corrected chi connectivity index (χ2v) is 5.10. The van der Waals surface area contributed by atoms with Crippen molar-refractivity contribution in [3.05, 3.63) is 23.8 Å². The van der Waals surface area contributed by atoms with Gasteiger partial charge in [0.1, 0.15) is 5.54 Å². The van der Waals surface area contributed by atoms with Crippen molar-refractivity contribution >= 4 is 11.9 Å². The molecule has 1 aliphatic rings. The van der Waals surface area contributed by atoms with E-state index in [0.717, 1.165) is 5.56 Å². The number of carbonyl (C=O) groups excluding carboxylic acids is 2. The fourth-order valence-electron chi connectivity index (χ4n) is 2.31. The van der Waals surface area contributed by atoms with E-state index in [2.05, 4.69) is 5.32 Å². The smallest absolute Gasteiger partial charge is 0.331 e. The van der Waals surface area contributed by atoms with Gasteiger partial charge in [-0.25, -0.2) is 4.79 Å². The van der Waals surface area contributed by atoms with Crippen LogP contribution < -0.4 is 14.8 Å². The molecule has 1 aliphatic heterocycles. The molecule has 0 unspecified atom stereocenters. The molecule has 0 bridgehead atoms. The van der Waals surface area contributed by atoms with Gasteiger partial charge in [-0.2, -0.15) is 0 Å². The normalized spacial score (nSPS) is 15.2. The van der Waals surface area contributed by atoms with Gasteiger partial charge in [0.25, 0.3) is 0 Å². The molecule has 0 aliphatic carbocycles. The van der Waals surface area contributed by atoms with Crippen LogP contribution in [0.1, 0.15) is 26.3 Å². The van der Waals surface area contributed by atoms with Gasteiger partial charge in [0.15, 0.2) is 11.5 Å². The predicted molar refractivity (Wildman–Crippen MR) is 75.1 cm³/mol. The predicted octanol–water partition coefficient (Wildman–Crippen LogP) is 1.42. The molecule has 1 N–H and O–H groups in total. The number of amides is 1. The van der Waals surface area contributed by atoms with Crippen molar-refractivity contribution in [1.82, 2.24) is 5.32 Å². The van der Waals surface area contributed by atoms with Crippen molar-refractivity contribution in [3.8, 4) is 11.5 Å². The van der Waals surface area contributed by atoms with Gasteiger partial charge in [0, 0.05) is 13.3 Å². The second-order valence-electron chi connectivity index (χ2n) is 5.10. The van der Waals surface area contributed by atoms with Crippen molar-refractivity contribution in [2.24, 2.45) is 0 Å². The van der Waals surface area contributed by atoms with Crippen LogP contribution in [0.25, 0.3) is 0 Å². The van der Waals surface area contributed by atoms with Crippen molar-refractivity contribution in [3.63, 3.8) is 0 Å². The molecule has 1 amide bonds. The summed E-state index contributed by atoms with van der Waals surface area (Å²) in [5.74, 6) is 0.571. The number of esters is 1. The highest BCUT2D eigenvalue weighted by Gasteiger charge is 2.36. The Hall–Kier alpha value is -2.24. The Morgan fingerprint density at radius 3 is 2.71 bits per heavy atom. The topological polar surface area (TPSA) is 73.9 Å². The summed E-state index contributed by atoms with van der Waals surface area (Å²) >= 11 is 0. The molecule has 0 aromatic heterocycles. The van der Waals surface area contributed by atoms with Gasteiger partial charge in [-0.05, 0) is 31.5 Å². The van der Waals surface area contributed by atoms with Gasteiger partial charge >= 0.3 is 5.97 Å². The van der Waals surface area contributed by atoms with E-state index in [9.17, 15) is 9.59 Å². The minimum Gasteiger partial charge on any atom is -0.464 e. The van der Waals surface area contributed by atoms with E-state index >= 15 is 0 Å². The quantitative estimate of drug-likeness (QED) is 0.831. The van der Waals surface area contributed by atoms with Gasteiger partial charge in [0.2, 0.25) is 12.7 Å². The molecule has 1 aromatic rings. The first-order valence-corrected chi connectivity index (χ1v) is 6.79. The molecule has 1 aromatic carbocycles. The van der Waals surface area contributed by atoms with E-state index < -0.39 is 11.5 Å². The molecule has 0 saturated carbocycles. The van der Waals surface area contributed by atoms with E-state index in [4.69, 9.17) is 14.2 Å². The highest BCUT2D eigenvalue weighted by Crippen LogP contribution is 2.33. The largest absolute Gasteiger partial charge is 0.464 e. The summed E-state index contributed by atoms with van der Waals surface area (Å²) < 4.78 is 15.6. The molecule has 6 heteroatoms. The molecule has 21 heavy (non-hydrogen) atoms. The summed E-state index contributed by atoms with van der Waals surface area (Å²) in [4.78, 5) is 23.5. The molecule has 1 heterocycles. The lowest BCUT2D eigenvalue weighted by Gasteiger charge is -2.28. The van der Waals surface area contributed by atoms with E-state index in [1.807, 2.05) is 12.1 Å². The molecule has 6 nitrogen and oxygen atoms in total. The molecule has 2 rings (SSSR count). The van der Waals surface area contributed by atoms with Crippen LogP contribution >= 0.6 is 0 Å². The van der Waals surface area contributed by atoms with Crippen molar-refractivity contribution in [2.75, 3.05) is 13.4 Å². The van der Waals surface area contributed by atoms with Gasteiger partial charge < -0.3 is 19.5 Å². The number of benzene rings is 1. The van der Waals surface area contributed by atoms with Gasteiger partial charge in [-0.1, -0.05) is 6.07 Å². The maximum absolute atomic E-state index is 12.1. The first-order chi connectivity index (χ1) is 9.94. The third kappa shape index (κ3) is 3.45. The van der Waals surface area contributed by atoms with Gasteiger partial charge in [-0.3, -0.25) is 4.79 Å². The Kier molecular flexibility index (Phi) is 4.35. The van der Waals surface area contributed by atoms with Crippen molar-refractivity contribution in [1.29, 1.82) is 0 Å². The molecule has 114 valence electrons. The lowest BCUT2D eigenvalue weighted by Crippen LogP contribution is -2.54. The summed E-state index contributed by atoms with van der Waals surface area (Å²) in [5.41, 5.74) is -0.265. The average Bonchev–Trinajstić information content (AvgIpc) is 2.85. The fraction of sp³-hybridized carbons (Fsp3) is 0.467. The third-order valence-corrected chi connectivity index (χ3v) is 3.17. The number of hydrogen-bond donors (Lipinski definition) is 1. The first-order valence-electron chi connectivity index (χ1n) is 6.79. The van der Waals surface area contributed by atoms with Crippen LogP contribution in [0.3, 0.4) is 0 Å². The summed E-state index contributed by atoms with van der Waals surface area (Å²) in [6, 6.07) is 5.44. The Morgan fingerprint density at radius 1 is 1.33 bits per heavy atom. The number of rotatable bonds is 5. The second kappa shape index (κ2) is 6.03. The monoisotopic (exact) mass is 293 g/mol. The zero-order chi connectivity index (χ0) is 15.5. The van der Waals surface area contributed by atoms with Crippen LogP contribution in [0.2, 0.25) is 0 Å². The maximum atomic E-state index is 12.1.